The summed E-state index contributed by atoms with van der Waals surface area (Å²) in [4.78, 5) is 20.1. The van der Waals surface area contributed by atoms with Gasteiger partial charge in [0, 0.05) is 17.6 Å². The third kappa shape index (κ3) is 4.09. The van der Waals surface area contributed by atoms with Crippen LogP contribution in [-0.2, 0) is 6.54 Å². The number of amides is 1. The van der Waals surface area contributed by atoms with Gasteiger partial charge in [-0.1, -0.05) is 35.6 Å². The minimum absolute atomic E-state index is 0.232. The molecular formula is C25H24N4O3S. The first kappa shape index (κ1) is 21.2. The third-order valence-corrected chi connectivity index (χ3v) is 6.47. The van der Waals surface area contributed by atoms with Crippen LogP contribution in [-0.4, -0.2) is 33.8 Å². The molecule has 0 aliphatic heterocycles. The largest absolute Gasteiger partial charge is 0.492 e. The van der Waals surface area contributed by atoms with Gasteiger partial charge in [0.2, 0.25) is 0 Å². The summed E-state index contributed by atoms with van der Waals surface area (Å²) in [5.41, 5.74) is 3.44. The summed E-state index contributed by atoms with van der Waals surface area (Å²) in [5, 5.41) is 6.03. The molecule has 0 fully saturated rings. The van der Waals surface area contributed by atoms with Gasteiger partial charge < -0.3 is 9.15 Å². The summed E-state index contributed by atoms with van der Waals surface area (Å²) in [6.45, 7) is 7.41. The van der Waals surface area contributed by atoms with E-state index in [1.54, 1.807) is 11.0 Å². The quantitative estimate of drug-likeness (QED) is 0.316. The molecule has 7 nitrogen and oxygen atoms in total. The molecule has 8 heteroatoms. The molecule has 0 saturated heterocycles. The average molecular weight is 461 g/mol. The van der Waals surface area contributed by atoms with E-state index in [0.29, 0.717) is 36.2 Å². The van der Waals surface area contributed by atoms with Crippen molar-refractivity contribution in [2.75, 3.05) is 18.1 Å². The van der Waals surface area contributed by atoms with Gasteiger partial charge in [0.25, 0.3) is 5.91 Å². The molecule has 0 aliphatic carbocycles. The van der Waals surface area contributed by atoms with Gasteiger partial charge in [-0.15, -0.1) is 0 Å². The standard InChI is InChI=1S/C25H24N4O3S/c1-4-31-20-10-7-11-22-23(20)26-25(33-22)28(12-13-29-17(3)14-16(2)27-29)24(30)21-15-18-8-5-6-9-19(18)32-21/h5-11,14-15H,4,12-13H2,1-3H3. The Morgan fingerprint density at radius 3 is 2.76 bits per heavy atom. The van der Waals surface area contributed by atoms with Crippen molar-refractivity contribution in [3.63, 3.8) is 0 Å². The van der Waals surface area contributed by atoms with E-state index in [4.69, 9.17) is 14.1 Å². The summed E-state index contributed by atoms with van der Waals surface area (Å²) in [5.74, 6) is 0.769. The summed E-state index contributed by atoms with van der Waals surface area (Å²) >= 11 is 1.46. The zero-order valence-corrected chi connectivity index (χ0v) is 19.6. The van der Waals surface area contributed by atoms with Crippen LogP contribution < -0.4 is 9.64 Å². The molecular weight excluding hydrogens is 436 g/mol. The van der Waals surface area contributed by atoms with E-state index < -0.39 is 0 Å². The van der Waals surface area contributed by atoms with E-state index in [1.807, 2.05) is 74.0 Å². The van der Waals surface area contributed by atoms with Crippen molar-refractivity contribution in [3.05, 3.63) is 71.7 Å². The number of carbonyl (C=O) groups is 1. The molecule has 0 spiro atoms. The van der Waals surface area contributed by atoms with Crippen molar-refractivity contribution in [2.45, 2.75) is 27.3 Å². The molecule has 3 aromatic heterocycles. The summed E-state index contributed by atoms with van der Waals surface area (Å²) < 4.78 is 14.5. The first-order valence-electron chi connectivity index (χ1n) is 10.9. The molecule has 0 atom stereocenters. The predicted molar refractivity (Wildman–Crippen MR) is 130 cm³/mol. The molecule has 168 valence electrons. The lowest BCUT2D eigenvalue weighted by Crippen LogP contribution is -2.34. The molecule has 5 rings (SSSR count). The van der Waals surface area contributed by atoms with Crippen molar-refractivity contribution in [3.8, 4) is 5.75 Å². The van der Waals surface area contributed by atoms with Crippen LogP contribution in [0.3, 0.4) is 0 Å². The first-order valence-corrected chi connectivity index (χ1v) is 11.7. The van der Waals surface area contributed by atoms with Crippen molar-refractivity contribution < 1.29 is 13.9 Å². The fourth-order valence-corrected chi connectivity index (χ4v) is 4.91. The van der Waals surface area contributed by atoms with E-state index >= 15 is 0 Å². The number of hydrogen-bond donors (Lipinski definition) is 0. The normalized spacial score (nSPS) is 11.4. The minimum atomic E-state index is -0.232. The molecule has 1 amide bonds. The Labute approximate surface area is 195 Å². The fourth-order valence-electron chi connectivity index (χ4n) is 3.90. The lowest BCUT2D eigenvalue weighted by molar-refractivity contribution is 0.0961. The van der Waals surface area contributed by atoms with E-state index in [0.717, 1.165) is 27.0 Å². The highest BCUT2D eigenvalue weighted by molar-refractivity contribution is 7.22. The van der Waals surface area contributed by atoms with Gasteiger partial charge in [-0.2, -0.15) is 5.10 Å². The van der Waals surface area contributed by atoms with Crippen LogP contribution in [0.2, 0.25) is 0 Å². The third-order valence-electron chi connectivity index (χ3n) is 5.42. The smallest absolute Gasteiger partial charge is 0.295 e. The van der Waals surface area contributed by atoms with Gasteiger partial charge in [0.15, 0.2) is 10.9 Å². The number of rotatable bonds is 7. The van der Waals surface area contributed by atoms with E-state index in [-0.39, 0.29) is 11.7 Å². The minimum Gasteiger partial charge on any atom is -0.492 e. The van der Waals surface area contributed by atoms with Crippen molar-refractivity contribution >= 4 is 43.6 Å². The van der Waals surface area contributed by atoms with Gasteiger partial charge in [0.1, 0.15) is 16.8 Å². The van der Waals surface area contributed by atoms with Gasteiger partial charge in [-0.05, 0) is 51.1 Å². The van der Waals surface area contributed by atoms with Gasteiger partial charge in [0.05, 0.1) is 23.5 Å². The zero-order valence-electron chi connectivity index (χ0n) is 18.7. The van der Waals surface area contributed by atoms with Gasteiger partial charge in [-0.3, -0.25) is 14.4 Å². The number of furan rings is 1. The average Bonchev–Trinajstić information content (AvgIpc) is 3.50. The van der Waals surface area contributed by atoms with Crippen LogP contribution in [0.15, 0.2) is 59.0 Å². The first-order chi connectivity index (χ1) is 16.0. The number of ether oxygens (including phenoxy) is 1. The molecule has 0 N–H and O–H groups in total. The van der Waals surface area contributed by atoms with Crippen LogP contribution in [0.4, 0.5) is 5.13 Å². The molecule has 3 heterocycles. The van der Waals surface area contributed by atoms with Crippen LogP contribution in [0.1, 0.15) is 28.9 Å². The van der Waals surface area contributed by atoms with Crippen LogP contribution >= 0.6 is 11.3 Å². The number of anilines is 1. The number of thiazole rings is 1. The molecule has 0 saturated carbocycles. The maximum atomic E-state index is 13.7. The second-order valence-corrected chi connectivity index (χ2v) is 8.80. The highest BCUT2D eigenvalue weighted by Crippen LogP contribution is 2.35. The highest BCUT2D eigenvalue weighted by Gasteiger charge is 2.25. The summed E-state index contributed by atoms with van der Waals surface area (Å²) in [6, 6.07) is 17.3. The summed E-state index contributed by atoms with van der Waals surface area (Å²) in [7, 11) is 0. The van der Waals surface area contributed by atoms with Crippen molar-refractivity contribution in [2.24, 2.45) is 0 Å². The topological polar surface area (TPSA) is 73.4 Å². The zero-order chi connectivity index (χ0) is 22.9. The number of carbonyl (C=O) groups excluding carboxylic acids is 1. The Bertz CT molecular complexity index is 1420. The summed E-state index contributed by atoms with van der Waals surface area (Å²) in [6.07, 6.45) is 0. The Morgan fingerprint density at radius 2 is 2.00 bits per heavy atom. The number of nitrogens with zero attached hydrogens (tertiary/aromatic N) is 4. The molecule has 0 bridgehead atoms. The Hall–Kier alpha value is -3.65. The predicted octanol–water partition coefficient (Wildman–Crippen LogP) is 5.60. The lowest BCUT2D eigenvalue weighted by Gasteiger charge is -2.19. The second-order valence-electron chi connectivity index (χ2n) is 7.79. The maximum Gasteiger partial charge on any atom is 0.295 e. The Morgan fingerprint density at radius 1 is 1.15 bits per heavy atom. The number of aryl methyl sites for hydroxylation is 2. The van der Waals surface area contributed by atoms with E-state index in [9.17, 15) is 4.79 Å². The number of aromatic nitrogens is 3. The maximum absolute atomic E-state index is 13.7. The molecule has 5 aromatic rings. The number of para-hydroxylation sites is 2. The van der Waals surface area contributed by atoms with E-state index in [2.05, 4.69) is 5.10 Å². The van der Waals surface area contributed by atoms with Crippen molar-refractivity contribution in [1.82, 2.24) is 14.8 Å². The number of hydrogen-bond acceptors (Lipinski definition) is 6. The lowest BCUT2D eigenvalue weighted by atomic mass is 10.2. The monoisotopic (exact) mass is 460 g/mol. The molecule has 33 heavy (non-hydrogen) atoms. The number of benzene rings is 2. The van der Waals surface area contributed by atoms with Gasteiger partial charge >= 0.3 is 0 Å². The molecule has 0 unspecified atom stereocenters. The highest BCUT2D eigenvalue weighted by atomic mass is 32.1. The van der Waals surface area contributed by atoms with Crippen molar-refractivity contribution in [1.29, 1.82) is 0 Å². The van der Waals surface area contributed by atoms with Gasteiger partial charge in [-0.25, -0.2) is 4.98 Å². The molecule has 2 aromatic carbocycles. The van der Waals surface area contributed by atoms with Crippen LogP contribution in [0, 0.1) is 13.8 Å². The van der Waals surface area contributed by atoms with Crippen LogP contribution in [0.5, 0.6) is 5.75 Å². The SMILES string of the molecule is CCOc1cccc2sc(N(CCn3nc(C)cc3C)C(=O)c3cc4ccccc4o3)nc12. The second kappa shape index (κ2) is 8.71. The molecule has 0 radical (unpaired) electrons. The van der Waals surface area contributed by atoms with E-state index in [1.165, 1.54) is 11.3 Å². The fraction of sp³-hybridized carbons (Fsp3) is 0.240. The van der Waals surface area contributed by atoms with Crippen LogP contribution in [0.25, 0.3) is 21.2 Å². The Balaban J connectivity index is 1.54. The molecule has 0 aliphatic rings. The number of fused-ring (bicyclic) bond motifs is 2. The Kier molecular flexibility index (Phi) is 5.60.